The molecule has 0 aromatic heterocycles. The lowest BCUT2D eigenvalue weighted by Gasteiger charge is -2.08. The average Bonchev–Trinajstić information content (AvgIpc) is 2.77. The molecule has 4 nitrogen and oxygen atoms in total. The van der Waals surface area contributed by atoms with Crippen LogP contribution in [0, 0.1) is 11.3 Å². The van der Waals surface area contributed by atoms with Gasteiger partial charge < -0.3 is 9.47 Å². The highest BCUT2D eigenvalue weighted by Crippen LogP contribution is 2.21. The van der Waals surface area contributed by atoms with E-state index in [0.29, 0.717) is 17.1 Å². The van der Waals surface area contributed by atoms with Crippen LogP contribution in [0.1, 0.15) is 23.6 Å². The molecule has 0 heterocycles. The number of aryl methyl sites for hydroxylation is 1. The van der Waals surface area contributed by atoms with E-state index in [1.807, 2.05) is 60.7 Å². The molecular weight excluding hydrogens is 362 g/mol. The Labute approximate surface area is 170 Å². The molecule has 0 fully saturated rings. The van der Waals surface area contributed by atoms with E-state index in [-0.39, 0.29) is 6.61 Å². The minimum Gasteiger partial charge on any atom is -0.482 e. The third-order valence-electron chi connectivity index (χ3n) is 4.29. The molecule has 29 heavy (non-hydrogen) atoms. The summed E-state index contributed by atoms with van der Waals surface area (Å²) in [6.07, 6.45) is 2.71. The van der Waals surface area contributed by atoms with E-state index in [1.165, 1.54) is 5.56 Å². The Bertz CT molecular complexity index is 1030. The van der Waals surface area contributed by atoms with E-state index >= 15 is 0 Å². The fourth-order valence-corrected chi connectivity index (χ4v) is 2.76. The van der Waals surface area contributed by atoms with Crippen LogP contribution in [-0.4, -0.2) is 12.6 Å². The number of allylic oxidation sites excluding steroid dienone is 1. The molecule has 0 unspecified atom stereocenters. The number of hydrogen-bond donors (Lipinski definition) is 0. The van der Waals surface area contributed by atoms with Crippen molar-refractivity contribution in [1.29, 1.82) is 5.26 Å². The van der Waals surface area contributed by atoms with Gasteiger partial charge in [-0.05, 0) is 53.5 Å². The lowest BCUT2D eigenvalue weighted by atomic mass is 10.0. The highest BCUT2D eigenvalue weighted by Gasteiger charge is 2.07. The molecule has 3 aromatic carbocycles. The predicted molar refractivity (Wildman–Crippen MR) is 113 cm³/mol. The van der Waals surface area contributed by atoms with Crippen LogP contribution in [0.5, 0.6) is 11.5 Å². The summed E-state index contributed by atoms with van der Waals surface area (Å²) >= 11 is 0. The normalized spacial score (nSPS) is 10.8. The molecule has 144 valence electrons. The van der Waals surface area contributed by atoms with Gasteiger partial charge in [-0.25, -0.2) is 4.79 Å². The highest BCUT2D eigenvalue weighted by atomic mass is 16.6. The van der Waals surface area contributed by atoms with Gasteiger partial charge in [-0.2, -0.15) is 5.26 Å². The van der Waals surface area contributed by atoms with Crippen LogP contribution in [0.4, 0.5) is 0 Å². The number of ether oxygens (including phenoxy) is 2. The summed E-state index contributed by atoms with van der Waals surface area (Å²) in [6.45, 7) is 1.90. The third kappa shape index (κ3) is 5.82. The van der Waals surface area contributed by atoms with Gasteiger partial charge in [-0.3, -0.25) is 0 Å². The van der Waals surface area contributed by atoms with Crippen molar-refractivity contribution in [2.45, 2.75) is 13.3 Å². The standard InChI is InChI=1S/C25H21NO3/c1-2-19-11-13-23(14-12-19)28-18-25(27)29-24-10-6-7-20(16-24)15-22(17-26)21-8-4-3-5-9-21/h3-16H,2,18H2,1H3/b22-15-. The molecule has 0 aliphatic rings. The van der Waals surface area contributed by atoms with Crippen molar-refractivity contribution in [3.05, 3.63) is 95.6 Å². The van der Waals surface area contributed by atoms with E-state index in [9.17, 15) is 10.1 Å². The summed E-state index contributed by atoms with van der Waals surface area (Å²) in [7, 11) is 0. The van der Waals surface area contributed by atoms with E-state index in [0.717, 1.165) is 17.5 Å². The van der Waals surface area contributed by atoms with Crippen LogP contribution in [0.3, 0.4) is 0 Å². The molecular formula is C25H21NO3. The number of benzene rings is 3. The average molecular weight is 383 g/mol. The van der Waals surface area contributed by atoms with Crippen molar-refractivity contribution < 1.29 is 14.3 Å². The van der Waals surface area contributed by atoms with Gasteiger partial charge in [-0.15, -0.1) is 0 Å². The lowest BCUT2D eigenvalue weighted by Crippen LogP contribution is -2.17. The molecule has 0 saturated heterocycles. The number of nitrogens with zero attached hydrogens (tertiary/aromatic N) is 1. The molecule has 0 N–H and O–H groups in total. The molecule has 0 amide bonds. The number of carbonyl (C=O) groups excluding carboxylic acids is 1. The van der Waals surface area contributed by atoms with Crippen LogP contribution in [0.2, 0.25) is 0 Å². The Balaban J connectivity index is 1.63. The van der Waals surface area contributed by atoms with Crippen molar-refractivity contribution in [2.75, 3.05) is 6.61 Å². The maximum atomic E-state index is 12.1. The quantitative estimate of drug-likeness (QED) is 0.240. The van der Waals surface area contributed by atoms with E-state index in [1.54, 1.807) is 24.3 Å². The molecule has 3 rings (SSSR count). The maximum absolute atomic E-state index is 12.1. The first kappa shape index (κ1) is 19.9. The fraction of sp³-hybridized carbons (Fsp3) is 0.120. The second kappa shape index (κ2) is 9.91. The summed E-state index contributed by atoms with van der Waals surface area (Å²) < 4.78 is 10.8. The van der Waals surface area contributed by atoms with Crippen molar-refractivity contribution in [3.63, 3.8) is 0 Å². The SMILES string of the molecule is CCc1ccc(OCC(=O)Oc2cccc(/C=C(/C#N)c3ccccc3)c2)cc1. The van der Waals surface area contributed by atoms with Crippen molar-refractivity contribution in [1.82, 2.24) is 0 Å². The first-order valence-corrected chi connectivity index (χ1v) is 9.37. The third-order valence-corrected chi connectivity index (χ3v) is 4.29. The summed E-state index contributed by atoms with van der Waals surface area (Å²) in [5, 5.41) is 9.45. The smallest absolute Gasteiger partial charge is 0.349 e. The maximum Gasteiger partial charge on any atom is 0.349 e. The summed E-state index contributed by atoms with van der Waals surface area (Å²) in [5.74, 6) is 0.533. The van der Waals surface area contributed by atoms with Crippen LogP contribution < -0.4 is 9.47 Å². The number of carbonyl (C=O) groups is 1. The molecule has 0 spiro atoms. The number of esters is 1. The number of nitriles is 1. The van der Waals surface area contributed by atoms with Crippen LogP contribution in [0.15, 0.2) is 78.9 Å². The Morgan fingerprint density at radius 2 is 1.72 bits per heavy atom. The zero-order chi connectivity index (χ0) is 20.5. The van der Waals surface area contributed by atoms with E-state index < -0.39 is 5.97 Å². The second-order valence-corrected chi connectivity index (χ2v) is 6.37. The van der Waals surface area contributed by atoms with Gasteiger partial charge in [0.25, 0.3) is 0 Å². The number of rotatable bonds is 7. The number of hydrogen-bond acceptors (Lipinski definition) is 4. The zero-order valence-corrected chi connectivity index (χ0v) is 16.2. The van der Waals surface area contributed by atoms with Crippen molar-refractivity contribution in [3.8, 4) is 17.6 Å². The largest absolute Gasteiger partial charge is 0.482 e. The van der Waals surface area contributed by atoms with Gasteiger partial charge in [0, 0.05) is 0 Å². The van der Waals surface area contributed by atoms with Gasteiger partial charge >= 0.3 is 5.97 Å². The van der Waals surface area contributed by atoms with E-state index in [4.69, 9.17) is 9.47 Å². The zero-order valence-electron chi connectivity index (χ0n) is 16.2. The van der Waals surface area contributed by atoms with Gasteiger partial charge in [-0.1, -0.05) is 61.5 Å². The molecule has 0 bridgehead atoms. The summed E-state index contributed by atoms with van der Waals surface area (Å²) in [4.78, 5) is 12.1. The first-order chi connectivity index (χ1) is 14.2. The molecule has 4 heteroatoms. The predicted octanol–water partition coefficient (Wildman–Crippen LogP) is 5.30. The van der Waals surface area contributed by atoms with Gasteiger partial charge in [0.05, 0.1) is 11.6 Å². The van der Waals surface area contributed by atoms with Crippen LogP contribution >= 0.6 is 0 Å². The molecule has 0 aliphatic carbocycles. The molecule has 0 atom stereocenters. The molecule has 0 radical (unpaired) electrons. The summed E-state index contributed by atoms with van der Waals surface area (Å²) in [5.41, 5.74) is 3.34. The molecule has 0 aliphatic heterocycles. The Hall–Kier alpha value is -3.84. The summed E-state index contributed by atoms with van der Waals surface area (Å²) in [6, 6.07) is 26.3. The first-order valence-electron chi connectivity index (χ1n) is 9.37. The highest BCUT2D eigenvalue weighted by molar-refractivity contribution is 5.89. The topological polar surface area (TPSA) is 59.3 Å². The van der Waals surface area contributed by atoms with Crippen molar-refractivity contribution >= 4 is 17.6 Å². The minimum atomic E-state index is -0.491. The van der Waals surface area contributed by atoms with Crippen molar-refractivity contribution in [2.24, 2.45) is 0 Å². The van der Waals surface area contributed by atoms with E-state index in [2.05, 4.69) is 13.0 Å². The Morgan fingerprint density at radius 1 is 0.966 bits per heavy atom. The fourth-order valence-electron chi connectivity index (χ4n) is 2.76. The lowest BCUT2D eigenvalue weighted by molar-refractivity contribution is -0.136. The molecule has 3 aromatic rings. The van der Waals surface area contributed by atoms with Crippen LogP contribution in [-0.2, 0) is 11.2 Å². The van der Waals surface area contributed by atoms with Gasteiger partial charge in [0.1, 0.15) is 11.5 Å². The minimum absolute atomic E-state index is 0.182. The van der Waals surface area contributed by atoms with Gasteiger partial charge in [0.2, 0.25) is 0 Å². The second-order valence-electron chi connectivity index (χ2n) is 6.37. The monoisotopic (exact) mass is 383 g/mol. The molecule has 0 saturated carbocycles. The Kier molecular flexibility index (Phi) is 6.80. The Morgan fingerprint density at radius 3 is 2.41 bits per heavy atom. The van der Waals surface area contributed by atoms with Crippen LogP contribution in [0.25, 0.3) is 11.6 Å². The van der Waals surface area contributed by atoms with Gasteiger partial charge in [0.15, 0.2) is 6.61 Å².